The molecule has 0 radical (unpaired) electrons. The molecule has 1 aromatic carbocycles. The van der Waals surface area contributed by atoms with E-state index < -0.39 is 9.84 Å². The number of nitrogens with one attached hydrogen (secondary N) is 2. The molecule has 0 saturated carbocycles. The second-order valence-corrected chi connectivity index (χ2v) is 9.08. The number of hydrogen-bond donors (Lipinski definition) is 2. The fraction of sp³-hybridized carbons (Fsp3) is 0.632. The van der Waals surface area contributed by atoms with Gasteiger partial charge in [-0.1, -0.05) is 12.1 Å². The van der Waals surface area contributed by atoms with Crippen LogP contribution in [0.25, 0.3) is 0 Å². The quantitative estimate of drug-likeness (QED) is 0.223. The number of nitrogens with zero attached hydrogens (tertiary/aromatic N) is 1. The number of rotatable bonds is 9. The monoisotopic (exact) mass is 525 g/mol. The van der Waals surface area contributed by atoms with E-state index in [2.05, 4.69) is 21.7 Å². The van der Waals surface area contributed by atoms with Gasteiger partial charge in [0.2, 0.25) is 0 Å². The van der Waals surface area contributed by atoms with Crippen LogP contribution in [0.1, 0.15) is 30.9 Å². The molecule has 7 nitrogen and oxygen atoms in total. The summed E-state index contributed by atoms with van der Waals surface area (Å²) in [5.74, 6) is 1.68. The van der Waals surface area contributed by atoms with Crippen molar-refractivity contribution in [1.82, 2.24) is 10.6 Å². The van der Waals surface area contributed by atoms with E-state index in [1.807, 2.05) is 26.0 Å². The molecule has 1 atom stereocenters. The topological polar surface area (TPSA) is 89.0 Å². The van der Waals surface area contributed by atoms with Crippen molar-refractivity contribution in [2.75, 3.05) is 38.3 Å². The highest BCUT2D eigenvalue weighted by molar-refractivity contribution is 14.0. The van der Waals surface area contributed by atoms with Crippen LogP contribution in [-0.2, 0) is 21.1 Å². The van der Waals surface area contributed by atoms with E-state index in [9.17, 15) is 8.42 Å². The first-order valence-electron chi connectivity index (χ1n) is 9.41. The molecule has 0 spiro atoms. The summed E-state index contributed by atoms with van der Waals surface area (Å²) in [6.07, 6.45) is 2.79. The zero-order valence-electron chi connectivity index (χ0n) is 16.9. The summed E-state index contributed by atoms with van der Waals surface area (Å²) in [6.45, 7) is 7.16. The van der Waals surface area contributed by atoms with Gasteiger partial charge in [0.1, 0.15) is 21.7 Å². The maximum atomic E-state index is 11.2. The molecule has 160 valence electrons. The molecule has 9 heteroatoms. The standard InChI is InChI=1S/C19H31N3O4S.HI/c1-4-20-19(21-9-5-11-27(3,23)24)22-13-16-7-6-15(2)12-18(16)26-17-8-10-25-14-17;/h6-7,12,17H,4-5,8-11,13-14H2,1-3H3,(H2,20,21,22);1H. The van der Waals surface area contributed by atoms with E-state index in [1.165, 1.54) is 6.26 Å². The van der Waals surface area contributed by atoms with E-state index in [0.717, 1.165) is 36.4 Å². The third-order valence-corrected chi connectivity index (χ3v) is 5.17. The minimum atomic E-state index is -2.94. The van der Waals surface area contributed by atoms with E-state index >= 15 is 0 Å². The van der Waals surface area contributed by atoms with E-state index in [0.29, 0.717) is 32.1 Å². The molecular formula is C19H32IN3O4S. The predicted molar refractivity (Wildman–Crippen MR) is 124 cm³/mol. The highest BCUT2D eigenvalue weighted by atomic mass is 127. The lowest BCUT2D eigenvalue weighted by molar-refractivity contribution is 0.140. The molecule has 0 bridgehead atoms. The Balaban J connectivity index is 0.00000392. The lowest BCUT2D eigenvalue weighted by atomic mass is 10.1. The normalized spacial score (nSPS) is 17.1. The van der Waals surface area contributed by atoms with E-state index in [4.69, 9.17) is 9.47 Å². The summed E-state index contributed by atoms with van der Waals surface area (Å²) < 4.78 is 34.0. The average Bonchev–Trinajstić information content (AvgIpc) is 3.10. The molecule has 1 aromatic rings. The van der Waals surface area contributed by atoms with Gasteiger partial charge in [-0.2, -0.15) is 0 Å². The van der Waals surface area contributed by atoms with E-state index in [-0.39, 0.29) is 35.8 Å². The fourth-order valence-corrected chi connectivity index (χ4v) is 3.40. The van der Waals surface area contributed by atoms with Crippen LogP contribution >= 0.6 is 24.0 Å². The molecule has 1 unspecified atom stereocenters. The van der Waals surface area contributed by atoms with Crippen molar-refractivity contribution < 1.29 is 17.9 Å². The second-order valence-electron chi connectivity index (χ2n) is 6.82. The first-order chi connectivity index (χ1) is 12.9. The first kappa shape index (κ1) is 25.0. The first-order valence-corrected chi connectivity index (χ1v) is 11.5. The number of guanidine groups is 1. The maximum Gasteiger partial charge on any atom is 0.191 e. The Labute approximate surface area is 185 Å². The van der Waals surface area contributed by atoms with Gasteiger partial charge < -0.3 is 20.1 Å². The molecule has 0 aliphatic carbocycles. The molecule has 1 aliphatic heterocycles. The second kappa shape index (κ2) is 12.5. The number of aryl methyl sites for hydroxylation is 1. The number of ether oxygens (including phenoxy) is 2. The Morgan fingerprint density at radius 2 is 2.14 bits per heavy atom. The Bertz CT molecular complexity index is 735. The van der Waals surface area contributed by atoms with E-state index in [1.54, 1.807) is 0 Å². The number of sulfone groups is 1. The number of hydrogen-bond acceptors (Lipinski definition) is 5. The average molecular weight is 525 g/mol. The Hall–Kier alpha value is -1.07. The molecule has 1 fully saturated rings. The van der Waals surface area contributed by atoms with Gasteiger partial charge in [0.25, 0.3) is 0 Å². The van der Waals surface area contributed by atoms with Gasteiger partial charge in [-0.3, -0.25) is 0 Å². The lowest BCUT2D eigenvalue weighted by Crippen LogP contribution is -2.38. The van der Waals surface area contributed by atoms with Gasteiger partial charge in [-0.05, 0) is 31.9 Å². The van der Waals surface area contributed by atoms with Crippen molar-refractivity contribution in [3.63, 3.8) is 0 Å². The van der Waals surface area contributed by atoms with Crippen molar-refractivity contribution in [3.05, 3.63) is 29.3 Å². The molecule has 1 aliphatic rings. The highest BCUT2D eigenvalue weighted by Crippen LogP contribution is 2.24. The number of benzene rings is 1. The summed E-state index contributed by atoms with van der Waals surface area (Å²) in [6, 6.07) is 6.13. The SMILES string of the molecule is CCNC(=NCc1ccc(C)cc1OC1CCOC1)NCCCS(C)(=O)=O.I. The summed E-state index contributed by atoms with van der Waals surface area (Å²) in [5, 5.41) is 6.36. The van der Waals surface area contributed by atoms with Crippen LogP contribution in [-0.4, -0.2) is 58.8 Å². The van der Waals surface area contributed by atoms with Crippen LogP contribution in [0, 0.1) is 6.92 Å². The predicted octanol–water partition coefficient (Wildman–Crippen LogP) is 2.27. The molecule has 2 rings (SSSR count). The van der Waals surface area contributed by atoms with Crippen LogP contribution in [0.15, 0.2) is 23.2 Å². The summed E-state index contributed by atoms with van der Waals surface area (Å²) in [7, 11) is -2.94. The Kier molecular flexibility index (Phi) is 11.1. The van der Waals surface area contributed by atoms with Crippen LogP contribution in [0.3, 0.4) is 0 Å². The fourth-order valence-electron chi connectivity index (χ4n) is 2.73. The smallest absolute Gasteiger partial charge is 0.191 e. The van der Waals surface area contributed by atoms with Crippen molar-refractivity contribution in [1.29, 1.82) is 0 Å². The Morgan fingerprint density at radius 3 is 2.79 bits per heavy atom. The van der Waals surface area contributed by atoms with Crippen molar-refractivity contribution in [2.45, 2.75) is 39.3 Å². The summed E-state index contributed by atoms with van der Waals surface area (Å²) >= 11 is 0. The van der Waals surface area contributed by atoms with Crippen LogP contribution < -0.4 is 15.4 Å². The lowest BCUT2D eigenvalue weighted by Gasteiger charge is -2.16. The van der Waals surface area contributed by atoms with Gasteiger partial charge in [0.05, 0.1) is 25.5 Å². The Morgan fingerprint density at radius 1 is 1.36 bits per heavy atom. The maximum absolute atomic E-state index is 11.2. The minimum absolute atomic E-state index is 0. The van der Waals surface area contributed by atoms with Crippen molar-refractivity contribution >= 4 is 39.8 Å². The highest BCUT2D eigenvalue weighted by Gasteiger charge is 2.18. The molecule has 1 saturated heterocycles. The van der Waals surface area contributed by atoms with Gasteiger partial charge in [-0.25, -0.2) is 13.4 Å². The molecule has 2 N–H and O–H groups in total. The molecular weight excluding hydrogens is 493 g/mol. The van der Waals surface area contributed by atoms with Crippen molar-refractivity contribution in [2.24, 2.45) is 4.99 Å². The van der Waals surface area contributed by atoms with Gasteiger partial charge >= 0.3 is 0 Å². The number of aliphatic imine (C=N–C) groups is 1. The summed E-state index contributed by atoms with van der Waals surface area (Å²) in [5.41, 5.74) is 2.16. The largest absolute Gasteiger partial charge is 0.488 e. The van der Waals surface area contributed by atoms with Gasteiger partial charge in [0, 0.05) is 31.3 Å². The summed E-state index contributed by atoms with van der Waals surface area (Å²) in [4.78, 5) is 4.62. The molecule has 0 aromatic heterocycles. The van der Waals surface area contributed by atoms with Crippen LogP contribution in [0.2, 0.25) is 0 Å². The third kappa shape index (κ3) is 9.42. The number of halogens is 1. The molecule has 1 heterocycles. The third-order valence-electron chi connectivity index (χ3n) is 4.14. The molecule has 28 heavy (non-hydrogen) atoms. The van der Waals surface area contributed by atoms with Gasteiger partial charge in [0.15, 0.2) is 5.96 Å². The van der Waals surface area contributed by atoms with Gasteiger partial charge in [-0.15, -0.1) is 24.0 Å². The van der Waals surface area contributed by atoms with Crippen molar-refractivity contribution in [3.8, 4) is 5.75 Å². The van der Waals surface area contributed by atoms with Crippen LogP contribution in [0.5, 0.6) is 5.75 Å². The zero-order valence-corrected chi connectivity index (χ0v) is 20.0. The zero-order chi connectivity index (χ0) is 19.7. The minimum Gasteiger partial charge on any atom is -0.488 e. The van der Waals surface area contributed by atoms with Crippen LogP contribution in [0.4, 0.5) is 0 Å². The molecule has 0 amide bonds.